The van der Waals surface area contributed by atoms with E-state index in [-0.39, 0.29) is 24.2 Å². The number of alkyl halides is 1. The lowest BCUT2D eigenvalue weighted by Gasteiger charge is -2.25. The van der Waals surface area contributed by atoms with Crippen LogP contribution in [0.2, 0.25) is 0 Å². The van der Waals surface area contributed by atoms with Crippen molar-refractivity contribution in [1.29, 1.82) is 0 Å². The van der Waals surface area contributed by atoms with Crippen LogP contribution in [0.4, 0.5) is 4.39 Å². The summed E-state index contributed by atoms with van der Waals surface area (Å²) in [7, 11) is 0. The fourth-order valence-electron chi connectivity index (χ4n) is 2.46. The molecule has 18 heavy (non-hydrogen) atoms. The van der Waals surface area contributed by atoms with Crippen molar-refractivity contribution in [3.8, 4) is 0 Å². The quantitative estimate of drug-likeness (QED) is 0.786. The molecule has 4 heteroatoms. The van der Waals surface area contributed by atoms with Crippen LogP contribution in [0.5, 0.6) is 0 Å². The summed E-state index contributed by atoms with van der Waals surface area (Å²) in [5.74, 6) is 0.233. The summed E-state index contributed by atoms with van der Waals surface area (Å²) in [5, 5.41) is 0.789. The Kier molecular flexibility index (Phi) is 4.38. The van der Waals surface area contributed by atoms with Crippen LogP contribution in [0.1, 0.15) is 18.9 Å². The summed E-state index contributed by atoms with van der Waals surface area (Å²) in [6.07, 6.45) is 1.18. The monoisotopic (exact) mass is 313 g/mol. The number of rotatable bonds is 3. The van der Waals surface area contributed by atoms with Gasteiger partial charge in [-0.15, -0.1) is 0 Å². The maximum Gasteiger partial charge on any atom is 0.227 e. The molecular weight excluding hydrogens is 297 g/mol. The number of halogens is 2. The van der Waals surface area contributed by atoms with Gasteiger partial charge in [0.25, 0.3) is 0 Å². The molecule has 0 aromatic heterocycles. The van der Waals surface area contributed by atoms with Crippen LogP contribution >= 0.6 is 15.9 Å². The Labute approximate surface area is 115 Å². The van der Waals surface area contributed by atoms with Gasteiger partial charge < -0.3 is 4.90 Å². The minimum atomic E-state index is -0.298. The summed E-state index contributed by atoms with van der Waals surface area (Å²) >= 11 is 3.46. The number of amides is 1. The average Bonchev–Trinajstić information content (AvgIpc) is 2.73. The predicted molar refractivity (Wildman–Crippen MR) is 73.2 cm³/mol. The Morgan fingerprint density at radius 1 is 1.50 bits per heavy atom. The minimum Gasteiger partial charge on any atom is -0.338 e. The highest BCUT2D eigenvalue weighted by Gasteiger charge is 2.33. The molecule has 1 amide bonds. The maximum atomic E-state index is 13.5. The zero-order valence-corrected chi connectivity index (χ0v) is 12.0. The Balaban J connectivity index is 2.07. The van der Waals surface area contributed by atoms with Gasteiger partial charge >= 0.3 is 0 Å². The third kappa shape index (κ3) is 2.74. The van der Waals surface area contributed by atoms with Crippen molar-refractivity contribution in [2.45, 2.75) is 25.8 Å². The number of likely N-dealkylation sites (tertiary alicyclic amines) is 1. The van der Waals surface area contributed by atoms with Crippen molar-refractivity contribution < 1.29 is 9.18 Å². The number of hydrogen-bond donors (Lipinski definition) is 0. The van der Waals surface area contributed by atoms with E-state index in [0.717, 1.165) is 18.3 Å². The van der Waals surface area contributed by atoms with Crippen LogP contribution in [-0.2, 0) is 11.2 Å². The Morgan fingerprint density at radius 2 is 2.22 bits per heavy atom. The lowest BCUT2D eigenvalue weighted by Crippen LogP contribution is -2.39. The second kappa shape index (κ2) is 5.83. The molecule has 0 bridgehead atoms. The molecule has 0 radical (unpaired) electrons. The first-order chi connectivity index (χ1) is 8.63. The fraction of sp³-hybridized carbons (Fsp3) is 0.500. The second-order valence-electron chi connectivity index (χ2n) is 4.84. The van der Waals surface area contributed by atoms with Crippen molar-refractivity contribution in [3.63, 3.8) is 0 Å². The molecule has 1 aromatic carbocycles. The van der Waals surface area contributed by atoms with E-state index in [1.807, 2.05) is 4.90 Å². The van der Waals surface area contributed by atoms with Gasteiger partial charge in [0.15, 0.2) is 0 Å². The molecule has 98 valence electrons. The number of nitrogens with zero attached hydrogens (tertiary/aromatic N) is 1. The van der Waals surface area contributed by atoms with Crippen LogP contribution in [0, 0.1) is 11.7 Å². The molecule has 0 spiro atoms. The summed E-state index contributed by atoms with van der Waals surface area (Å²) < 4.78 is 13.5. The molecular formula is C14H17BrFNO. The molecule has 1 fully saturated rings. The third-order valence-electron chi connectivity index (χ3n) is 3.66. The molecule has 0 saturated carbocycles. The van der Waals surface area contributed by atoms with E-state index < -0.39 is 0 Å². The average molecular weight is 314 g/mol. The van der Waals surface area contributed by atoms with Crippen LogP contribution in [0.25, 0.3) is 0 Å². The predicted octanol–water partition coefficient (Wildman–Crippen LogP) is 3.00. The van der Waals surface area contributed by atoms with Crippen molar-refractivity contribution in [2.75, 3.05) is 11.9 Å². The van der Waals surface area contributed by atoms with E-state index >= 15 is 0 Å². The minimum absolute atomic E-state index is 0.0221. The normalized spacial score (nSPS) is 23.4. The molecule has 1 heterocycles. The van der Waals surface area contributed by atoms with Crippen LogP contribution in [-0.4, -0.2) is 28.7 Å². The Morgan fingerprint density at radius 3 is 2.89 bits per heavy atom. The highest BCUT2D eigenvalue weighted by atomic mass is 79.9. The fourth-order valence-corrected chi connectivity index (χ4v) is 3.45. The van der Waals surface area contributed by atoms with Gasteiger partial charge in [-0.3, -0.25) is 4.79 Å². The molecule has 2 unspecified atom stereocenters. The number of carbonyl (C=O) groups excluding carboxylic acids is 1. The van der Waals surface area contributed by atoms with Crippen molar-refractivity contribution >= 4 is 21.8 Å². The molecule has 2 atom stereocenters. The Hall–Kier alpha value is -0.900. The van der Waals surface area contributed by atoms with E-state index in [1.54, 1.807) is 18.2 Å². The van der Waals surface area contributed by atoms with E-state index in [9.17, 15) is 9.18 Å². The van der Waals surface area contributed by atoms with Crippen molar-refractivity contribution in [2.24, 2.45) is 5.92 Å². The van der Waals surface area contributed by atoms with Crippen LogP contribution in [0.3, 0.4) is 0 Å². The van der Waals surface area contributed by atoms with Gasteiger partial charge in [0, 0.05) is 17.9 Å². The van der Waals surface area contributed by atoms with Gasteiger partial charge in [-0.2, -0.15) is 0 Å². The molecule has 0 aliphatic carbocycles. The third-order valence-corrected chi connectivity index (χ3v) is 4.32. The number of carbonyl (C=O) groups is 1. The van der Waals surface area contributed by atoms with Crippen LogP contribution < -0.4 is 0 Å². The zero-order chi connectivity index (χ0) is 13.1. The molecule has 2 nitrogen and oxygen atoms in total. The number of benzene rings is 1. The topological polar surface area (TPSA) is 20.3 Å². The zero-order valence-electron chi connectivity index (χ0n) is 10.4. The van der Waals surface area contributed by atoms with E-state index in [4.69, 9.17) is 0 Å². The Bertz CT molecular complexity index is 438. The number of hydrogen-bond acceptors (Lipinski definition) is 1. The summed E-state index contributed by atoms with van der Waals surface area (Å²) in [4.78, 5) is 14.1. The van der Waals surface area contributed by atoms with Gasteiger partial charge in [-0.05, 0) is 24.0 Å². The molecule has 0 N–H and O–H groups in total. The lowest BCUT2D eigenvalue weighted by atomic mass is 10.0. The highest BCUT2D eigenvalue weighted by Crippen LogP contribution is 2.26. The van der Waals surface area contributed by atoms with E-state index in [2.05, 4.69) is 22.9 Å². The standard InChI is InChI=1S/C14H17BrFNO/c1-10-6-7-17(13(10)9-15)14(18)8-11-4-2-3-5-12(11)16/h2-5,10,13H,6-9H2,1H3. The lowest BCUT2D eigenvalue weighted by molar-refractivity contribution is -0.131. The maximum absolute atomic E-state index is 13.5. The van der Waals surface area contributed by atoms with Gasteiger partial charge in [0.05, 0.1) is 6.42 Å². The van der Waals surface area contributed by atoms with E-state index in [1.165, 1.54) is 6.07 Å². The molecule has 1 aliphatic heterocycles. The van der Waals surface area contributed by atoms with Crippen molar-refractivity contribution in [3.05, 3.63) is 35.6 Å². The van der Waals surface area contributed by atoms with Gasteiger partial charge in [0.2, 0.25) is 5.91 Å². The largest absolute Gasteiger partial charge is 0.338 e. The first-order valence-electron chi connectivity index (χ1n) is 6.22. The summed E-state index contributed by atoms with van der Waals surface area (Å²) in [5.41, 5.74) is 0.482. The first-order valence-corrected chi connectivity index (χ1v) is 7.34. The first kappa shape index (κ1) is 13.5. The molecule has 1 aromatic rings. The van der Waals surface area contributed by atoms with E-state index in [0.29, 0.717) is 11.5 Å². The smallest absolute Gasteiger partial charge is 0.227 e. The second-order valence-corrected chi connectivity index (χ2v) is 5.49. The highest BCUT2D eigenvalue weighted by molar-refractivity contribution is 9.09. The molecule has 1 saturated heterocycles. The van der Waals surface area contributed by atoms with Gasteiger partial charge in [-0.25, -0.2) is 4.39 Å². The van der Waals surface area contributed by atoms with Crippen molar-refractivity contribution in [1.82, 2.24) is 4.90 Å². The molecule has 1 aliphatic rings. The van der Waals surface area contributed by atoms with Crippen LogP contribution in [0.15, 0.2) is 24.3 Å². The molecule has 2 rings (SSSR count). The summed E-state index contributed by atoms with van der Waals surface area (Å²) in [6, 6.07) is 6.72. The van der Waals surface area contributed by atoms with Gasteiger partial charge in [0.1, 0.15) is 5.82 Å². The van der Waals surface area contributed by atoms with Gasteiger partial charge in [-0.1, -0.05) is 41.1 Å². The SMILES string of the molecule is CC1CCN(C(=O)Cc2ccccc2F)C1CBr. The summed E-state index contributed by atoms with van der Waals surface area (Å²) in [6.45, 7) is 2.94.